The number of halogens is 3. The van der Waals surface area contributed by atoms with Gasteiger partial charge in [-0.1, -0.05) is 6.08 Å². The summed E-state index contributed by atoms with van der Waals surface area (Å²) in [6, 6.07) is 3.55. The first-order valence-corrected chi connectivity index (χ1v) is 6.92. The van der Waals surface area contributed by atoms with Crippen LogP contribution in [0.25, 0.3) is 0 Å². The van der Waals surface area contributed by atoms with Crippen LogP contribution in [0.15, 0.2) is 35.8 Å². The van der Waals surface area contributed by atoms with E-state index < -0.39 is 5.82 Å². The van der Waals surface area contributed by atoms with E-state index in [1.807, 2.05) is 4.90 Å². The number of hydrogen-bond acceptors (Lipinski definition) is 2. The summed E-state index contributed by atoms with van der Waals surface area (Å²) in [5.74, 6) is -0.00873. The normalized spacial score (nSPS) is 15.3. The van der Waals surface area contributed by atoms with E-state index in [0.717, 1.165) is 12.0 Å². The fraction of sp³-hybridized carbons (Fsp3) is 0.400. The van der Waals surface area contributed by atoms with Crippen molar-refractivity contribution in [2.75, 3.05) is 44.7 Å². The zero-order valence-corrected chi connectivity index (χ0v) is 14.9. The second kappa shape index (κ2) is 8.92. The van der Waals surface area contributed by atoms with Crippen molar-refractivity contribution in [1.82, 2.24) is 10.2 Å². The van der Waals surface area contributed by atoms with Gasteiger partial charge in [-0.3, -0.25) is 4.99 Å². The Morgan fingerprint density at radius 3 is 2.59 bits per heavy atom. The van der Waals surface area contributed by atoms with E-state index in [9.17, 15) is 8.78 Å². The summed E-state index contributed by atoms with van der Waals surface area (Å²) in [5.41, 5.74) is 0.323. The average molecular weight is 422 g/mol. The van der Waals surface area contributed by atoms with Crippen molar-refractivity contribution in [2.24, 2.45) is 4.99 Å². The smallest absolute Gasteiger partial charge is 0.194 e. The third kappa shape index (κ3) is 4.56. The van der Waals surface area contributed by atoms with Crippen molar-refractivity contribution < 1.29 is 8.78 Å². The molecule has 0 atom stereocenters. The van der Waals surface area contributed by atoms with Crippen LogP contribution >= 0.6 is 24.0 Å². The highest BCUT2D eigenvalue weighted by Crippen LogP contribution is 2.21. The molecule has 22 heavy (non-hydrogen) atoms. The average Bonchev–Trinajstić information content (AvgIpc) is 2.51. The lowest BCUT2D eigenvalue weighted by Crippen LogP contribution is -2.52. The molecule has 0 bridgehead atoms. The second-order valence-corrected chi connectivity index (χ2v) is 4.79. The lowest BCUT2D eigenvalue weighted by atomic mass is 10.2. The van der Waals surface area contributed by atoms with Crippen LogP contribution in [0.5, 0.6) is 0 Å². The van der Waals surface area contributed by atoms with Crippen LogP contribution in [0.4, 0.5) is 14.5 Å². The molecule has 122 valence electrons. The monoisotopic (exact) mass is 422 g/mol. The standard InChI is InChI=1S/C15H20F2N4.HI/c1-3-6-19-15(18-2)21-9-7-20(8-10-21)14-11-12(16)4-5-13(14)17;/h3-5,11H,1,6-10H2,2H3,(H,18,19);1H. The SMILES string of the molecule is C=CCNC(=NC)N1CCN(c2cc(F)ccc2F)CC1.I. The number of guanidine groups is 1. The number of aliphatic imine (C=N–C) groups is 1. The molecule has 1 aliphatic heterocycles. The van der Waals surface area contributed by atoms with Crippen molar-refractivity contribution in [1.29, 1.82) is 0 Å². The fourth-order valence-corrected chi connectivity index (χ4v) is 2.38. The maximum atomic E-state index is 13.8. The van der Waals surface area contributed by atoms with Gasteiger partial charge in [0.25, 0.3) is 0 Å². The van der Waals surface area contributed by atoms with Gasteiger partial charge in [0, 0.05) is 45.8 Å². The summed E-state index contributed by atoms with van der Waals surface area (Å²) < 4.78 is 27.0. The van der Waals surface area contributed by atoms with Crippen LogP contribution in [0.2, 0.25) is 0 Å². The van der Waals surface area contributed by atoms with Gasteiger partial charge in [0.2, 0.25) is 0 Å². The number of nitrogens with one attached hydrogen (secondary N) is 1. The predicted molar refractivity (Wildman–Crippen MR) is 97.1 cm³/mol. The van der Waals surface area contributed by atoms with Crippen LogP contribution in [0.1, 0.15) is 0 Å². The van der Waals surface area contributed by atoms with Gasteiger partial charge in [-0.05, 0) is 12.1 Å². The Kier molecular flexibility index (Phi) is 7.57. The van der Waals surface area contributed by atoms with Crippen LogP contribution in [-0.2, 0) is 0 Å². The van der Waals surface area contributed by atoms with Gasteiger partial charge < -0.3 is 15.1 Å². The number of rotatable bonds is 3. The summed E-state index contributed by atoms with van der Waals surface area (Å²) in [5, 5.41) is 3.17. The Balaban J connectivity index is 0.00000242. The van der Waals surface area contributed by atoms with Crippen molar-refractivity contribution in [3.63, 3.8) is 0 Å². The molecule has 0 radical (unpaired) electrons. The van der Waals surface area contributed by atoms with Gasteiger partial charge in [0.05, 0.1) is 5.69 Å². The molecule has 1 aromatic rings. The molecular weight excluding hydrogens is 401 g/mol. The first-order chi connectivity index (χ1) is 10.2. The summed E-state index contributed by atoms with van der Waals surface area (Å²) in [6.07, 6.45) is 1.77. The van der Waals surface area contributed by atoms with Gasteiger partial charge in [-0.15, -0.1) is 30.6 Å². The third-order valence-electron chi connectivity index (χ3n) is 3.44. The molecule has 1 heterocycles. The van der Waals surface area contributed by atoms with Crippen LogP contribution in [-0.4, -0.2) is 50.6 Å². The molecule has 0 aliphatic carbocycles. The van der Waals surface area contributed by atoms with Crippen molar-refractivity contribution in [3.05, 3.63) is 42.5 Å². The predicted octanol–water partition coefficient (Wildman–Crippen LogP) is 2.47. The second-order valence-electron chi connectivity index (χ2n) is 4.79. The zero-order valence-electron chi connectivity index (χ0n) is 12.6. The van der Waals surface area contributed by atoms with Gasteiger partial charge >= 0.3 is 0 Å². The molecule has 0 unspecified atom stereocenters. The summed E-state index contributed by atoms with van der Waals surface area (Å²) in [4.78, 5) is 8.16. The minimum atomic E-state index is -0.419. The van der Waals surface area contributed by atoms with E-state index in [0.29, 0.717) is 38.4 Å². The number of nitrogens with zero attached hydrogens (tertiary/aromatic N) is 3. The quantitative estimate of drug-likeness (QED) is 0.352. The van der Waals surface area contributed by atoms with Gasteiger partial charge in [-0.2, -0.15) is 0 Å². The highest BCUT2D eigenvalue weighted by atomic mass is 127. The largest absolute Gasteiger partial charge is 0.366 e. The summed E-state index contributed by atoms with van der Waals surface area (Å²) >= 11 is 0. The fourth-order valence-electron chi connectivity index (χ4n) is 2.38. The van der Waals surface area contributed by atoms with E-state index in [4.69, 9.17) is 0 Å². The van der Waals surface area contributed by atoms with Gasteiger partial charge in [0.1, 0.15) is 11.6 Å². The minimum Gasteiger partial charge on any atom is -0.366 e. The summed E-state index contributed by atoms with van der Waals surface area (Å²) in [6.45, 7) is 6.95. The first kappa shape index (κ1) is 18.7. The van der Waals surface area contributed by atoms with Gasteiger partial charge in [0.15, 0.2) is 5.96 Å². The van der Waals surface area contributed by atoms with Crippen molar-refractivity contribution in [2.45, 2.75) is 0 Å². The van der Waals surface area contributed by atoms with Crippen LogP contribution in [0.3, 0.4) is 0 Å². The maximum absolute atomic E-state index is 13.8. The number of hydrogen-bond donors (Lipinski definition) is 1. The molecule has 1 saturated heterocycles. The zero-order chi connectivity index (χ0) is 15.2. The van der Waals surface area contributed by atoms with Crippen LogP contribution in [0, 0.1) is 11.6 Å². The third-order valence-corrected chi connectivity index (χ3v) is 3.44. The lowest BCUT2D eigenvalue weighted by Gasteiger charge is -2.37. The topological polar surface area (TPSA) is 30.9 Å². The Bertz CT molecular complexity index is 528. The number of piperazine rings is 1. The Morgan fingerprint density at radius 2 is 2.00 bits per heavy atom. The van der Waals surface area contributed by atoms with E-state index in [2.05, 4.69) is 21.8 Å². The molecule has 4 nitrogen and oxygen atoms in total. The molecule has 2 rings (SSSR count). The number of benzene rings is 1. The highest BCUT2D eigenvalue weighted by Gasteiger charge is 2.21. The van der Waals surface area contributed by atoms with Gasteiger partial charge in [-0.25, -0.2) is 8.78 Å². The molecule has 0 aromatic heterocycles. The minimum absolute atomic E-state index is 0. The molecular formula is C15H21F2IN4. The summed E-state index contributed by atoms with van der Waals surface area (Å²) in [7, 11) is 1.73. The maximum Gasteiger partial charge on any atom is 0.194 e. The van der Waals surface area contributed by atoms with E-state index in [1.54, 1.807) is 13.1 Å². The van der Waals surface area contributed by atoms with E-state index in [1.165, 1.54) is 12.1 Å². The molecule has 7 heteroatoms. The molecule has 1 N–H and O–H groups in total. The van der Waals surface area contributed by atoms with E-state index >= 15 is 0 Å². The van der Waals surface area contributed by atoms with Crippen LogP contribution < -0.4 is 10.2 Å². The molecule has 1 aliphatic rings. The molecule has 1 aromatic carbocycles. The van der Waals surface area contributed by atoms with Crippen molar-refractivity contribution in [3.8, 4) is 0 Å². The van der Waals surface area contributed by atoms with E-state index in [-0.39, 0.29) is 29.8 Å². The van der Waals surface area contributed by atoms with Crippen molar-refractivity contribution >= 4 is 35.6 Å². The molecule has 1 fully saturated rings. The highest BCUT2D eigenvalue weighted by molar-refractivity contribution is 14.0. The lowest BCUT2D eigenvalue weighted by molar-refractivity contribution is 0.372. The molecule has 0 amide bonds. The number of anilines is 1. The molecule has 0 saturated carbocycles. The Morgan fingerprint density at radius 1 is 1.32 bits per heavy atom. The first-order valence-electron chi connectivity index (χ1n) is 6.92. The Labute approximate surface area is 146 Å². The molecule has 0 spiro atoms. The Hall–Kier alpha value is -1.38.